The van der Waals surface area contributed by atoms with Gasteiger partial charge in [-0.3, -0.25) is 5.41 Å². The Labute approximate surface area is 170 Å². The number of nitrogen functional groups attached to an aromatic ring is 1. The average molecular weight is 391 g/mol. The van der Waals surface area contributed by atoms with Crippen molar-refractivity contribution in [1.29, 1.82) is 5.41 Å². The van der Waals surface area contributed by atoms with Gasteiger partial charge in [-0.1, -0.05) is 31.2 Å². The fraction of sp³-hybridized carbons (Fsp3) is 0.217. The van der Waals surface area contributed by atoms with Gasteiger partial charge in [0.25, 0.3) is 0 Å². The minimum atomic E-state index is -0.482. The first-order valence-corrected chi connectivity index (χ1v) is 9.66. The Kier molecular flexibility index (Phi) is 6.44. The summed E-state index contributed by atoms with van der Waals surface area (Å²) in [5, 5.41) is 10.9. The number of nitrogens with zero attached hydrogens (tertiary/aromatic N) is 1. The Balaban J connectivity index is 1.99. The SMILES string of the molecule is C/C=C\Cc1cnc(C(Nc2ccc(C(=N)N)cc2)c2cc(CC)ccc2F)[nH]1. The van der Waals surface area contributed by atoms with Crippen LogP contribution in [0.5, 0.6) is 0 Å². The molecule has 1 unspecified atom stereocenters. The van der Waals surface area contributed by atoms with Crippen molar-refractivity contribution in [1.82, 2.24) is 9.97 Å². The number of halogens is 1. The number of nitrogens with one attached hydrogen (secondary N) is 3. The van der Waals surface area contributed by atoms with Gasteiger partial charge in [-0.25, -0.2) is 9.37 Å². The second kappa shape index (κ2) is 9.19. The van der Waals surface area contributed by atoms with Gasteiger partial charge >= 0.3 is 0 Å². The lowest BCUT2D eigenvalue weighted by Gasteiger charge is -2.20. The molecule has 29 heavy (non-hydrogen) atoms. The zero-order valence-electron chi connectivity index (χ0n) is 16.7. The van der Waals surface area contributed by atoms with Gasteiger partial charge in [0.1, 0.15) is 23.5 Å². The fourth-order valence-corrected chi connectivity index (χ4v) is 3.11. The third-order valence-corrected chi connectivity index (χ3v) is 4.78. The number of nitrogens with two attached hydrogens (primary N) is 1. The largest absolute Gasteiger partial charge is 0.384 e. The van der Waals surface area contributed by atoms with Crippen LogP contribution in [0.4, 0.5) is 10.1 Å². The van der Waals surface area contributed by atoms with Crippen LogP contribution in [-0.4, -0.2) is 15.8 Å². The highest BCUT2D eigenvalue weighted by atomic mass is 19.1. The summed E-state index contributed by atoms with van der Waals surface area (Å²) < 4.78 is 14.8. The van der Waals surface area contributed by atoms with Crippen molar-refractivity contribution in [3.05, 3.63) is 94.8 Å². The second-order valence-corrected chi connectivity index (χ2v) is 6.84. The molecule has 3 aromatic rings. The van der Waals surface area contributed by atoms with Crippen molar-refractivity contribution < 1.29 is 4.39 Å². The molecular weight excluding hydrogens is 365 g/mol. The third kappa shape index (κ3) is 4.90. The molecule has 3 rings (SSSR count). The number of benzene rings is 2. The van der Waals surface area contributed by atoms with E-state index in [1.54, 1.807) is 24.4 Å². The average Bonchev–Trinajstić information content (AvgIpc) is 3.20. The zero-order valence-corrected chi connectivity index (χ0v) is 16.7. The standard InChI is InChI=1S/C23H26FN5/c1-3-5-6-18-14-27-23(29-18)21(19-13-15(4-2)7-12-20(19)24)28-17-10-8-16(9-11-17)22(25)26/h3,5,7-14,21,28H,4,6H2,1-2H3,(H3,25,26)(H,27,29)/b5-3-. The maximum atomic E-state index is 14.8. The van der Waals surface area contributed by atoms with Crippen molar-refractivity contribution in [3.63, 3.8) is 0 Å². The number of aryl methyl sites for hydroxylation is 1. The van der Waals surface area contributed by atoms with Gasteiger partial charge in [0.05, 0.1) is 0 Å². The van der Waals surface area contributed by atoms with Crippen molar-refractivity contribution >= 4 is 11.5 Å². The number of anilines is 1. The van der Waals surface area contributed by atoms with Crippen LogP contribution in [-0.2, 0) is 12.8 Å². The van der Waals surface area contributed by atoms with Crippen LogP contribution in [0.1, 0.15) is 48.1 Å². The molecular formula is C23H26FN5. The predicted molar refractivity (Wildman–Crippen MR) is 116 cm³/mol. The fourth-order valence-electron chi connectivity index (χ4n) is 3.11. The van der Waals surface area contributed by atoms with Gasteiger partial charge in [0, 0.05) is 35.1 Å². The number of aromatic nitrogens is 2. The molecule has 0 bridgehead atoms. The maximum Gasteiger partial charge on any atom is 0.133 e. The maximum absolute atomic E-state index is 14.8. The van der Waals surface area contributed by atoms with Crippen LogP contribution < -0.4 is 11.1 Å². The highest BCUT2D eigenvalue weighted by Crippen LogP contribution is 2.28. The lowest BCUT2D eigenvalue weighted by Crippen LogP contribution is -2.16. The van der Waals surface area contributed by atoms with Gasteiger partial charge in [0.15, 0.2) is 0 Å². The van der Waals surface area contributed by atoms with E-state index in [4.69, 9.17) is 11.1 Å². The molecule has 1 heterocycles. The van der Waals surface area contributed by atoms with Gasteiger partial charge < -0.3 is 16.0 Å². The normalized spacial score (nSPS) is 12.2. The highest BCUT2D eigenvalue weighted by Gasteiger charge is 2.21. The summed E-state index contributed by atoms with van der Waals surface area (Å²) in [7, 11) is 0. The molecule has 0 aliphatic carbocycles. The van der Waals surface area contributed by atoms with E-state index < -0.39 is 6.04 Å². The highest BCUT2D eigenvalue weighted by molar-refractivity contribution is 5.95. The minimum absolute atomic E-state index is 0.00875. The van der Waals surface area contributed by atoms with Crippen LogP contribution in [0.2, 0.25) is 0 Å². The number of hydrogen-bond donors (Lipinski definition) is 4. The summed E-state index contributed by atoms with van der Waals surface area (Å²) in [4.78, 5) is 7.83. The van der Waals surface area contributed by atoms with E-state index in [9.17, 15) is 4.39 Å². The molecule has 5 nitrogen and oxygen atoms in total. The monoisotopic (exact) mass is 391 g/mol. The van der Waals surface area contributed by atoms with Gasteiger partial charge in [-0.2, -0.15) is 0 Å². The van der Waals surface area contributed by atoms with Gasteiger partial charge in [0.2, 0.25) is 0 Å². The topological polar surface area (TPSA) is 90.6 Å². The number of hydrogen-bond acceptors (Lipinski definition) is 3. The van der Waals surface area contributed by atoms with E-state index in [1.165, 1.54) is 6.07 Å². The molecule has 5 N–H and O–H groups in total. The molecule has 0 saturated carbocycles. The predicted octanol–water partition coefficient (Wildman–Crippen LogP) is 4.72. The molecule has 0 aliphatic rings. The first kappa shape index (κ1) is 20.3. The first-order chi connectivity index (χ1) is 14.0. The summed E-state index contributed by atoms with van der Waals surface area (Å²) in [6.45, 7) is 4.01. The van der Waals surface area contributed by atoms with E-state index >= 15 is 0 Å². The van der Waals surface area contributed by atoms with Crippen LogP contribution in [0, 0.1) is 11.2 Å². The second-order valence-electron chi connectivity index (χ2n) is 6.84. The Morgan fingerprint density at radius 3 is 2.69 bits per heavy atom. The Bertz CT molecular complexity index is 1000. The lowest BCUT2D eigenvalue weighted by molar-refractivity contribution is 0.600. The summed E-state index contributed by atoms with van der Waals surface area (Å²) in [6, 6.07) is 11.9. The van der Waals surface area contributed by atoms with E-state index in [2.05, 4.69) is 15.3 Å². The van der Waals surface area contributed by atoms with Gasteiger partial charge in [-0.15, -0.1) is 0 Å². The number of allylic oxidation sites excluding steroid dienone is 2. The number of imidazole rings is 1. The number of H-pyrrole nitrogens is 1. The molecule has 1 aromatic heterocycles. The van der Waals surface area contributed by atoms with Crippen LogP contribution in [0.25, 0.3) is 0 Å². The lowest BCUT2D eigenvalue weighted by atomic mass is 10.0. The number of aromatic amines is 1. The molecule has 0 amide bonds. The molecule has 1 atom stereocenters. The molecule has 0 aliphatic heterocycles. The number of amidine groups is 1. The smallest absolute Gasteiger partial charge is 0.133 e. The van der Waals surface area contributed by atoms with Gasteiger partial charge in [-0.05, 0) is 49.2 Å². The minimum Gasteiger partial charge on any atom is -0.384 e. The Morgan fingerprint density at radius 1 is 1.28 bits per heavy atom. The summed E-state index contributed by atoms with van der Waals surface area (Å²) in [6.07, 6.45) is 7.36. The molecule has 0 fully saturated rings. The van der Waals surface area contributed by atoms with Crippen molar-refractivity contribution in [2.75, 3.05) is 5.32 Å². The Morgan fingerprint density at radius 2 is 2.03 bits per heavy atom. The number of rotatable bonds is 8. The van der Waals surface area contributed by atoms with Crippen LogP contribution in [0.15, 0.2) is 60.8 Å². The van der Waals surface area contributed by atoms with E-state index in [1.807, 2.05) is 44.2 Å². The quantitative estimate of drug-likeness (QED) is 0.254. The molecule has 0 spiro atoms. The van der Waals surface area contributed by atoms with Crippen molar-refractivity contribution in [3.8, 4) is 0 Å². The van der Waals surface area contributed by atoms with E-state index in [0.29, 0.717) is 17.0 Å². The van der Waals surface area contributed by atoms with E-state index in [0.717, 1.165) is 29.8 Å². The summed E-state index contributed by atoms with van der Waals surface area (Å²) in [5.74, 6) is 0.369. The molecule has 2 aromatic carbocycles. The van der Waals surface area contributed by atoms with E-state index in [-0.39, 0.29) is 11.7 Å². The zero-order chi connectivity index (χ0) is 20.8. The molecule has 0 saturated heterocycles. The van der Waals surface area contributed by atoms with Crippen LogP contribution in [0.3, 0.4) is 0 Å². The molecule has 6 heteroatoms. The summed E-state index contributed by atoms with van der Waals surface area (Å²) >= 11 is 0. The first-order valence-electron chi connectivity index (χ1n) is 9.66. The van der Waals surface area contributed by atoms with Crippen LogP contribution >= 0.6 is 0 Å². The van der Waals surface area contributed by atoms with Crippen molar-refractivity contribution in [2.45, 2.75) is 32.7 Å². The Hall–Kier alpha value is -3.41. The summed E-state index contributed by atoms with van der Waals surface area (Å²) in [5.41, 5.74) is 9.51. The third-order valence-electron chi connectivity index (χ3n) is 4.78. The van der Waals surface area contributed by atoms with Crippen molar-refractivity contribution in [2.24, 2.45) is 5.73 Å². The molecule has 150 valence electrons. The molecule has 0 radical (unpaired) electrons.